The summed E-state index contributed by atoms with van der Waals surface area (Å²) in [6.45, 7) is 2.43. The molecule has 0 bridgehead atoms. The second-order valence-electron chi connectivity index (χ2n) is 5.11. The van der Waals surface area contributed by atoms with Crippen LogP contribution in [0.3, 0.4) is 0 Å². The number of esters is 1. The number of carbonyl (C=O) groups excluding carboxylic acids is 1. The molecule has 1 heterocycles. The lowest BCUT2D eigenvalue weighted by Crippen LogP contribution is -2.01. The Labute approximate surface area is 143 Å². The fourth-order valence-electron chi connectivity index (χ4n) is 2.10. The van der Waals surface area contributed by atoms with Crippen LogP contribution in [0.25, 0.3) is 22.3 Å². The van der Waals surface area contributed by atoms with Crippen LogP contribution in [0, 0.1) is 0 Å². The zero-order valence-electron chi connectivity index (χ0n) is 13.7. The molecule has 0 atom stereocenters. The molecule has 0 fully saturated rings. The molecule has 0 radical (unpaired) electrons. The summed E-state index contributed by atoms with van der Waals surface area (Å²) in [6.07, 6.45) is 0. The van der Waals surface area contributed by atoms with Crippen molar-refractivity contribution in [3.63, 3.8) is 0 Å². The van der Waals surface area contributed by atoms with Gasteiger partial charge in [-0.2, -0.15) is 0 Å². The van der Waals surface area contributed by atoms with Crippen molar-refractivity contribution in [2.24, 2.45) is 0 Å². The molecule has 1 N–H and O–H groups in total. The van der Waals surface area contributed by atoms with E-state index in [1.165, 1.54) is 13.0 Å². The number of rotatable bonds is 2. The highest BCUT2D eigenvalue weighted by Gasteiger charge is 2.07. The van der Waals surface area contributed by atoms with Gasteiger partial charge in [-0.3, -0.25) is 14.4 Å². The van der Waals surface area contributed by atoms with Gasteiger partial charge in [0.05, 0.1) is 5.39 Å². The first-order valence-corrected chi connectivity index (χ1v) is 7.38. The third-order valence-electron chi connectivity index (χ3n) is 3.04. The number of carboxylic acid groups (broad SMARTS) is 1. The molecule has 0 saturated carbocycles. The van der Waals surface area contributed by atoms with Crippen molar-refractivity contribution < 1.29 is 23.8 Å². The van der Waals surface area contributed by atoms with Gasteiger partial charge in [0.25, 0.3) is 5.97 Å². The van der Waals surface area contributed by atoms with Gasteiger partial charge in [-0.1, -0.05) is 12.1 Å². The number of benzene rings is 2. The number of para-hydroxylation sites is 1. The van der Waals surface area contributed by atoms with E-state index in [1.807, 2.05) is 6.07 Å². The van der Waals surface area contributed by atoms with Crippen molar-refractivity contribution in [1.29, 1.82) is 0 Å². The summed E-state index contributed by atoms with van der Waals surface area (Å²) >= 11 is 0. The number of hydrogen-bond acceptors (Lipinski definition) is 5. The van der Waals surface area contributed by atoms with Gasteiger partial charge in [-0.15, -0.1) is 0 Å². The minimum atomic E-state index is -0.833. The van der Waals surface area contributed by atoms with Crippen LogP contribution in [0.1, 0.15) is 13.8 Å². The van der Waals surface area contributed by atoms with Crippen molar-refractivity contribution in [2.45, 2.75) is 13.8 Å². The van der Waals surface area contributed by atoms with Gasteiger partial charge >= 0.3 is 5.97 Å². The molecule has 3 aromatic rings. The number of ether oxygens (including phenoxy) is 1. The van der Waals surface area contributed by atoms with Crippen molar-refractivity contribution in [3.05, 3.63) is 64.8 Å². The van der Waals surface area contributed by atoms with E-state index >= 15 is 0 Å². The van der Waals surface area contributed by atoms with E-state index < -0.39 is 5.97 Å². The smallest absolute Gasteiger partial charge is 0.308 e. The molecule has 2 aromatic carbocycles. The summed E-state index contributed by atoms with van der Waals surface area (Å²) in [4.78, 5) is 31.9. The maximum absolute atomic E-state index is 12.1. The molecule has 6 nitrogen and oxygen atoms in total. The van der Waals surface area contributed by atoms with Gasteiger partial charge in [0, 0.05) is 25.5 Å². The predicted molar refractivity (Wildman–Crippen MR) is 92.5 cm³/mol. The number of carboxylic acids is 1. The van der Waals surface area contributed by atoms with Crippen molar-refractivity contribution in [2.75, 3.05) is 0 Å². The van der Waals surface area contributed by atoms with Gasteiger partial charge in [-0.25, -0.2) is 0 Å². The van der Waals surface area contributed by atoms with Crippen molar-refractivity contribution >= 4 is 22.9 Å². The Hall–Kier alpha value is -3.41. The quantitative estimate of drug-likeness (QED) is 0.567. The predicted octanol–water partition coefficient (Wildman–Crippen LogP) is 3.48. The third-order valence-corrected chi connectivity index (χ3v) is 3.04. The Bertz CT molecular complexity index is 950. The molecule has 6 heteroatoms. The standard InChI is InChI=1S/C17H12O4.C2H4O2/c1-11(18)20-13-8-6-12(7-9-13)17-10-15(19)14-4-2-3-5-16(14)21-17;1-2(3)4/h2-10H,1H3;1H3,(H,3,4). The van der Waals surface area contributed by atoms with Gasteiger partial charge in [0.2, 0.25) is 0 Å². The molecule has 3 rings (SSSR count). The molecule has 0 aliphatic rings. The molecule has 1 aromatic heterocycles. The number of aliphatic carboxylic acids is 1. The Morgan fingerprint density at radius 2 is 1.60 bits per heavy atom. The second kappa shape index (κ2) is 7.92. The molecule has 25 heavy (non-hydrogen) atoms. The maximum Gasteiger partial charge on any atom is 0.308 e. The van der Waals surface area contributed by atoms with Crippen molar-refractivity contribution in [1.82, 2.24) is 0 Å². The number of fused-ring (bicyclic) bond motifs is 1. The summed E-state index contributed by atoms with van der Waals surface area (Å²) in [7, 11) is 0. The zero-order valence-corrected chi connectivity index (χ0v) is 13.7. The fraction of sp³-hybridized carbons (Fsp3) is 0.105. The maximum atomic E-state index is 12.1. The Kier molecular flexibility index (Phi) is 5.68. The van der Waals surface area contributed by atoms with Crippen LogP contribution >= 0.6 is 0 Å². The lowest BCUT2D eigenvalue weighted by molar-refractivity contribution is -0.134. The van der Waals surface area contributed by atoms with Crippen LogP contribution in [0.15, 0.2) is 63.8 Å². The van der Waals surface area contributed by atoms with E-state index in [-0.39, 0.29) is 11.4 Å². The number of carbonyl (C=O) groups is 2. The Morgan fingerprint density at radius 1 is 1.00 bits per heavy atom. The molecule has 128 valence electrons. The summed E-state index contributed by atoms with van der Waals surface area (Å²) < 4.78 is 10.7. The lowest BCUT2D eigenvalue weighted by atomic mass is 10.1. The summed E-state index contributed by atoms with van der Waals surface area (Å²) in [5.41, 5.74) is 1.20. The zero-order chi connectivity index (χ0) is 18.4. The highest BCUT2D eigenvalue weighted by atomic mass is 16.5. The van der Waals surface area contributed by atoms with Crippen LogP contribution < -0.4 is 10.2 Å². The lowest BCUT2D eigenvalue weighted by Gasteiger charge is -2.05. The number of hydrogen-bond donors (Lipinski definition) is 1. The molecular formula is C19H16O6. The molecule has 0 spiro atoms. The molecular weight excluding hydrogens is 324 g/mol. The van der Waals surface area contributed by atoms with Gasteiger partial charge in [0.15, 0.2) is 5.43 Å². The molecule has 0 amide bonds. The summed E-state index contributed by atoms with van der Waals surface area (Å²) in [6, 6.07) is 15.4. The van der Waals surface area contributed by atoms with Crippen LogP contribution in [0.4, 0.5) is 0 Å². The van der Waals surface area contributed by atoms with E-state index in [1.54, 1.807) is 42.5 Å². The fourth-order valence-corrected chi connectivity index (χ4v) is 2.10. The van der Waals surface area contributed by atoms with Crippen LogP contribution in [-0.4, -0.2) is 17.0 Å². The largest absolute Gasteiger partial charge is 0.481 e. The van der Waals surface area contributed by atoms with E-state index in [9.17, 15) is 9.59 Å². The van der Waals surface area contributed by atoms with Gasteiger partial charge in [-0.05, 0) is 36.4 Å². The SMILES string of the molecule is CC(=O)O.CC(=O)Oc1ccc(-c2cc(=O)c3ccccc3o2)cc1. The highest BCUT2D eigenvalue weighted by Crippen LogP contribution is 2.24. The van der Waals surface area contributed by atoms with Gasteiger partial charge in [0.1, 0.15) is 17.1 Å². The minimum Gasteiger partial charge on any atom is -0.481 e. The summed E-state index contributed by atoms with van der Waals surface area (Å²) in [5, 5.41) is 7.97. The average molecular weight is 340 g/mol. The first-order valence-electron chi connectivity index (χ1n) is 7.38. The van der Waals surface area contributed by atoms with E-state index in [4.69, 9.17) is 19.1 Å². The first-order chi connectivity index (χ1) is 11.9. The van der Waals surface area contributed by atoms with E-state index in [0.29, 0.717) is 22.5 Å². The molecule has 0 aliphatic heterocycles. The molecule has 0 saturated heterocycles. The van der Waals surface area contributed by atoms with Gasteiger partial charge < -0.3 is 14.3 Å². The minimum absolute atomic E-state index is 0.0871. The van der Waals surface area contributed by atoms with Crippen LogP contribution in [-0.2, 0) is 9.59 Å². The Balaban J connectivity index is 0.000000511. The highest BCUT2D eigenvalue weighted by molar-refractivity contribution is 5.78. The topological polar surface area (TPSA) is 93.8 Å². The average Bonchev–Trinajstić information content (AvgIpc) is 2.54. The van der Waals surface area contributed by atoms with Crippen LogP contribution in [0.2, 0.25) is 0 Å². The van der Waals surface area contributed by atoms with E-state index in [2.05, 4.69) is 0 Å². The van der Waals surface area contributed by atoms with Crippen LogP contribution in [0.5, 0.6) is 5.75 Å². The normalized spacial score (nSPS) is 9.84. The monoisotopic (exact) mass is 340 g/mol. The molecule has 0 unspecified atom stereocenters. The Morgan fingerprint density at radius 3 is 2.20 bits per heavy atom. The molecule has 0 aliphatic carbocycles. The van der Waals surface area contributed by atoms with E-state index in [0.717, 1.165) is 12.5 Å². The van der Waals surface area contributed by atoms with Crippen molar-refractivity contribution in [3.8, 4) is 17.1 Å². The second-order valence-corrected chi connectivity index (χ2v) is 5.11. The third kappa shape index (κ3) is 5.04. The first kappa shape index (κ1) is 17.9. The summed E-state index contributed by atoms with van der Waals surface area (Å²) in [5.74, 6) is -0.276.